The highest BCUT2D eigenvalue weighted by Gasteiger charge is 2.41. The zero-order valence-corrected chi connectivity index (χ0v) is 18.4. The number of carbonyl (C=O) groups is 1. The smallest absolute Gasteiger partial charge is 0.268 e. The molecule has 1 aliphatic heterocycles. The standard InChI is InChI=1S/C29H22N4O/c30-26(21-13-5-1-6-14-21)25-27(31-22-15-7-2-8-16-22)28(32-23-17-9-3-10-18-23)33(29(25)34)24-19-11-4-12-20-24/h1-20H,30H2/b26-25+,31-27?,32-28?. The fraction of sp³-hybridized carbons (Fsp3) is 0. The average Bonchev–Trinajstić information content (AvgIpc) is 3.16. The molecule has 0 radical (unpaired) electrons. The molecule has 1 aliphatic rings. The Hall–Kier alpha value is -4.77. The fourth-order valence-corrected chi connectivity index (χ4v) is 3.81. The van der Waals surface area contributed by atoms with E-state index in [1.807, 2.05) is 121 Å². The Balaban J connectivity index is 1.80. The minimum atomic E-state index is -0.267. The van der Waals surface area contributed by atoms with Gasteiger partial charge in [-0.1, -0.05) is 84.9 Å². The number of hydrogen-bond acceptors (Lipinski definition) is 4. The van der Waals surface area contributed by atoms with Gasteiger partial charge >= 0.3 is 0 Å². The predicted molar refractivity (Wildman–Crippen MR) is 139 cm³/mol. The van der Waals surface area contributed by atoms with Gasteiger partial charge in [-0.15, -0.1) is 0 Å². The second-order valence-corrected chi connectivity index (χ2v) is 7.70. The van der Waals surface area contributed by atoms with Crippen LogP contribution in [0.2, 0.25) is 0 Å². The van der Waals surface area contributed by atoms with Gasteiger partial charge in [-0.05, 0) is 42.0 Å². The van der Waals surface area contributed by atoms with Crippen molar-refractivity contribution in [3.63, 3.8) is 0 Å². The summed E-state index contributed by atoms with van der Waals surface area (Å²) >= 11 is 0. The van der Waals surface area contributed by atoms with Gasteiger partial charge in [0.2, 0.25) is 0 Å². The highest BCUT2D eigenvalue weighted by atomic mass is 16.2. The maximum atomic E-state index is 13.9. The van der Waals surface area contributed by atoms with E-state index in [2.05, 4.69) is 0 Å². The van der Waals surface area contributed by atoms with Crippen LogP contribution in [0.4, 0.5) is 17.1 Å². The third-order valence-corrected chi connectivity index (χ3v) is 5.43. The van der Waals surface area contributed by atoms with Crippen molar-refractivity contribution in [1.29, 1.82) is 0 Å². The summed E-state index contributed by atoms with van der Waals surface area (Å²) in [5, 5.41) is 0. The van der Waals surface area contributed by atoms with Gasteiger partial charge < -0.3 is 5.73 Å². The second kappa shape index (κ2) is 9.38. The molecule has 0 atom stereocenters. The molecule has 34 heavy (non-hydrogen) atoms. The minimum Gasteiger partial charge on any atom is -0.398 e. The first-order valence-corrected chi connectivity index (χ1v) is 11.0. The lowest BCUT2D eigenvalue weighted by Gasteiger charge is -2.16. The molecular formula is C29H22N4O. The molecule has 1 fully saturated rings. The number of carbonyl (C=O) groups excluding carboxylic acids is 1. The summed E-state index contributed by atoms with van der Waals surface area (Å²) in [6.07, 6.45) is 0. The molecule has 5 nitrogen and oxygen atoms in total. The molecule has 0 aliphatic carbocycles. The number of nitrogens with two attached hydrogens (primary N) is 1. The van der Waals surface area contributed by atoms with Crippen LogP contribution < -0.4 is 10.6 Å². The summed E-state index contributed by atoms with van der Waals surface area (Å²) < 4.78 is 0. The van der Waals surface area contributed by atoms with Crippen molar-refractivity contribution < 1.29 is 4.79 Å². The molecule has 4 aromatic rings. The SMILES string of the molecule is N/C(=C1/C(=O)N(c2ccccc2)C(=Nc2ccccc2)C1=Nc1ccccc1)c1ccccc1. The molecule has 1 saturated heterocycles. The van der Waals surface area contributed by atoms with Crippen LogP contribution in [0.25, 0.3) is 5.70 Å². The zero-order valence-electron chi connectivity index (χ0n) is 18.4. The van der Waals surface area contributed by atoms with Gasteiger partial charge in [0, 0.05) is 0 Å². The number of anilines is 1. The largest absolute Gasteiger partial charge is 0.398 e. The van der Waals surface area contributed by atoms with Crippen LogP contribution in [0.5, 0.6) is 0 Å². The average molecular weight is 443 g/mol. The van der Waals surface area contributed by atoms with Crippen LogP contribution in [0.1, 0.15) is 5.56 Å². The van der Waals surface area contributed by atoms with Crippen molar-refractivity contribution in [1.82, 2.24) is 0 Å². The third kappa shape index (κ3) is 4.14. The first-order chi connectivity index (χ1) is 16.7. The van der Waals surface area contributed by atoms with Crippen molar-refractivity contribution in [3.05, 3.63) is 132 Å². The van der Waals surface area contributed by atoms with Crippen LogP contribution in [-0.4, -0.2) is 17.5 Å². The topological polar surface area (TPSA) is 71.1 Å². The summed E-state index contributed by atoms with van der Waals surface area (Å²) in [4.78, 5) is 25.3. The highest BCUT2D eigenvalue weighted by Crippen LogP contribution is 2.32. The molecule has 1 amide bonds. The molecule has 4 aromatic carbocycles. The summed E-state index contributed by atoms with van der Waals surface area (Å²) in [5.74, 6) is 0.164. The maximum absolute atomic E-state index is 13.9. The van der Waals surface area contributed by atoms with Gasteiger partial charge in [0.05, 0.1) is 28.3 Å². The Morgan fingerprint density at radius 1 is 0.618 bits per heavy atom. The molecule has 5 heteroatoms. The maximum Gasteiger partial charge on any atom is 0.268 e. The quantitative estimate of drug-likeness (QED) is 0.399. The van der Waals surface area contributed by atoms with Gasteiger partial charge in [-0.2, -0.15) is 0 Å². The molecule has 1 heterocycles. The van der Waals surface area contributed by atoms with E-state index in [4.69, 9.17) is 15.7 Å². The normalized spacial score (nSPS) is 17.4. The van der Waals surface area contributed by atoms with Gasteiger partial charge in [0.15, 0.2) is 5.84 Å². The number of para-hydroxylation sites is 3. The van der Waals surface area contributed by atoms with Gasteiger partial charge in [0.1, 0.15) is 5.71 Å². The minimum absolute atomic E-state index is 0.267. The van der Waals surface area contributed by atoms with Gasteiger partial charge in [-0.25, -0.2) is 9.98 Å². The molecule has 164 valence electrons. The predicted octanol–water partition coefficient (Wildman–Crippen LogP) is 5.91. The number of amides is 1. The van der Waals surface area contributed by atoms with Crippen LogP contribution >= 0.6 is 0 Å². The van der Waals surface area contributed by atoms with E-state index in [1.54, 1.807) is 4.90 Å². The van der Waals surface area contributed by atoms with E-state index in [-0.39, 0.29) is 5.91 Å². The van der Waals surface area contributed by atoms with E-state index in [0.29, 0.717) is 39.9 Å². The highest BCUT2D eigenvalue weighted by molar-refractivity contribution is 6.68. The van der Waals surface area contributed by atoms with E-state index in [9.17, 15) is 4.79 Å². The number of aliphatic imine (C=N–C) groups is 2. The van der Waals surface area contributed by atoms with Gasteiger partial charge in [0.25, 0.3) is 5.91 Å². The van der Waals surface area contributed by atoms with Crippen LogP contribution in [0, 0.1) is 0 Å². The Labute approximate surface area is 198 Å². The number of nitrogens with zero attached hydrogens (tertiary/aromatic N) is 3. The first-order valence-electron chi connectivity index (χ1n) is 11.0. The molecule has 0 bridgehead atoms. The molecule has 0 aromatic heterocycles. The molecule has 0 spiro atoms. The third-order valence-electron chi connectivity index (χ3n) is 5.43. The van der Waals surface area contributed by atoms with Crippen LogP contribution in [0.3, 0.4) is 0 Å². The molecule has 0 unspecified atom stereocenters. The van der Waals surface area contributed by atoms with E-state index in [0.717, 1.165) is 5.56 Å². The van der Waals surface area contributed by atoms with E-state index < -0.39 is 0 Å². The lowest BCUT2D eigenvalue weighted by molar-refractivity contribution is -0.113. The molecular weight excluding hydrogens is 420 g/mol. The van der Waals surface area contributed by atoms with Gasteiger partial charge in [-0.3, -0.25) is 9.69 Å². The Bertz CT molecular complexity index is 1390. The zero-order chi connectivity index (χ0) is 23.3. The molecule has 5 rings (SSSR count). The summed E-state index contributed by atoms with van der Waals surface area (Å²) in [5.41, 5.74) is 10.6. The Morgan fingerprint density at radius 2 is 1.09 bits per heavy atom. The Morgan fingerprint density at radius 3 is 1.65 bits per heavy atom. The van der Waals surface area contributed by atoms with E-state index in [1.165, 1.54) is 0 Å². The summed E-state index contributed by atoms with van der Waals surface area (Å²) in [6, 6.07) is 37.9. The number of amidine groups is 1. The fourth-order valence-electron chi connectivity index (χ4n) is 3.81. The molecule has 2 N–H and O–H groups in total. The lowest BCUT2D eigenvalue weighted by atomic mass is 10.0. The Kier molecular flexibility index (Phi) is 5.82. The monoisotopic (exact) mass is 442 g/mol. The van der Waals surface area contributed by atoms with Crippen molar-refractivity contribution in [2.24, 2.45) is 15.7 Å². The number of rotatable bonds is 4. The number of hydrogen-bond donors (Lipinski definition) is 1. The first kappa shape index (κ1) is 21.1. The van der Waals surface area contributed by atoms with Crippen molar-refractivity contribution >= 4 is 40.2 Å². The van der Waals surface area contributed by atoms with Crippen molar-refractivity contribution in [3.8, 4) is 0 Å². The lowest BCUT2D eigenvalue weighted by Crippen LogP contribution is -2.30. The van der Waals surface area contributed by atoms with Crippen LogP contribution in [0.15, 0.2) is 137 Å². The van der Waals surface area contributed by atoms with Crippen molar-refractivity contribution in [2.45, 2.75) is 0 Å². The second-order valence-electron chi connectivity index (χ2n) is 7.70. The summed E-state index contributed by atoms with van der Waals surface area (Å²) in [6.45, 7) is 0. The summed E-state index contributed by atoms with van der Waals surface area (Å²) in [7, 11) is 0. The van der Waals surface area contributed by atoms with E-state index >= 15 is 0 Å². The van der Waals surface area contributed by atoms with Crippen molar-refractivity contribution in [2.75, 3.05) is 4.90 Å². The molecule has 0 saturated carbocycles. The van der Waals surface area contributed by atoms with Crippen LogP contribution in [-0.2, 0) is 4.79 Å². The number of benzene rings is 4.